The van der Waals surface area contributed by atoms with Crippen molar-refractivity contribution in [3.05, 3.63) is 62.6 Å². The Labute approximate surface area is 138 Å². The van der Waals surface area contributed by atoms with Crippen LogP contribution in [0.15, 0.2) is 40.9 Å². The smallest absolute Gasteiger partial charge is 0.0744 e. The minimum atomic E-state index is 0.406. The Morgan fingerprint density at radius 2 is 2.05 bits per heavy atom. The zero-order valence-electron chi connectivity index (χ0n) is 11.8. The topological polar surface area (TPSA) is 21.3 Å². The number of anilines is 1. The molecule has 4 heteroatoms. The zero-order chi connectivity index (χ0) is 14.8. The molecule has 0 radical (unpaired) electrons. The lowest BCUT2D eigenvalue weighted by atomic mass is 10.1. The van der Waals surface area contributed by atoms with Crippen molar-refractivity contribution < 1.29 is 4.74 Å². The van der Waals surface area contributed by atoms with E-state index in [2.05, 4.69) is 39.4 Å². The van der Waals surface area contributed by atoms with Crippen LogP contribution in [0.2, 0.25) is 5.02 Å². The van der Waals surface area contributed by atoms with Crippen LogP contribution in [0, 0.1) is 0 Å². The Hall–Kier alpha value is -1.03. The molecule has 0 heterocycles. The summed E-state index contributed by atoms with van der Waals surface area (Å²) < 4.78 is 6.38. The van der Waals surface area contributed by atoms with Crippen LogP contribution in [0.3, 0.4) is 0 Å². The molecule has 1 aliphatic rings. The second-order valence-corrected chi connectivity index (χ2v) is 6.65. The predicted molar refractivity (Wildman–Crippen MR) is 91.1 cm³/mol. The number of nitrogens with one attached hydrogen (secondary N) is 1. The van der Waals surface area contributed by atoms with Gasteiger partial charge in [0.2, 0.25) is 0 Å². The molecule has 3 rings (SSSR count). The van der Waals surface area contributed by atoms with Crippen molar-refractivity contribution >= 4 is 33.2 Å². The van der Waals surface area contributed by atoms with Crippen molar-refractivity contribution in [3.63, 3.8) is 0 Å². The highest BCUT2D eigenvalue weighted by atomic mass is 79.9. The van der Waals surface area contributed by atoms with Gasteiger partial charge in [-0.25, -0.2) is 0 Å². The first-order chi connectivity index (χ1) is 10.2. The molecule has 110 valence electrons. The van der Waals surface area contributed by atoms with Gasteiger partial charge < -0.3 is 10.1 Å². The van der Waals surface area contributed by atoms with Crippen LogP contribution in [0.1, 0.15) is 16.7 Å². The summed E-state index contributed by atoms with van der Waals surface area (Å²) in [4.78, 5) is 0. The van der Waals surface area contributed by atoms with Crippen molar-refractivity contribution in [1.29, 1.82) is 0 Å². The maximum Gasteiger partial charge on any atom is 0.0744 e. The third-order valence-corrected chi connectivity index (χ3v) is 4.85. The number of fused-ring (bicyclic) bond motifs is 1. The first-order valence-electron chi connectivity index (χ1n) is 6.97. The van der Waals surface area contributed by atoms with Gasteiger partial charge in [0.05, 0.1) is 6.61 Å². The fourth-order valence-corrected chi connectivity index (χ4v) is 3.57. The number of rotatable bonds is 4. The molecule has 2 nitrogen and oxygen atoms in total. The van der Waals surface area contributed by atoms with E-state index < -0.39 is 0 Å². The van der Waals surface area contributed by atoms with Gasteiger partial charge in [0.1, 0.15) is 0 Å². The summed E-state index contributed by atoms with van der Waals surface area (Å²) in [5.41, 5.74) is 5.03. The number of benzene rings is 2. The van der Waals surface area contributed by atoms with Crippen LogP contribution >= 0.6 is 27.5 Å². The summed E-state index contributed by atoms with van der Waals surface area (Å²) in [7, 11) is 1.72. The normalized spacial score (nSPS) is 16.8. The fourth-order valence-electron chi connectivity index (χ4n) is 2.89. The highest BCUT2D eigenvalue weighted by Crippen LogP contribution is 2.30. The molecular weight excluding hydrogens is 350 g/mol. The number of hydrogen-bond donors (Lipinski definition) is 1. The SMILES string of the molecule is COCc1c(Br)cccc1NC1Cc2ccc(Cl)cc2C1. The van der Waals surface area contributed by atoms with Gasteiger partial charge in [0.15, 0.2) is 0 Å². The first kappa shape index (κ1) is 14.9. The maximum absolute atomic E-state index is 6.08. The number of hydrogen-bond acceptors (Lipinski definition) is 2. The molecule has 0 aliphatic heterocycles. The molecule has 1 aliphatic carbocycles. The lowest BCUT2D eigenvalue weighted by Crippen LogP contribution is -2.20. The van der Waals surface area contributed by atoms with Gasteiger partial charge in [-0.1, -0.05) is 39.7 Å². The molecule has 0 saturated carbocycles. The number of ether oxygens (including phenoxy) is 1. The molecule has 0 aromatic heterocycles. The van der Waals surface area contributed by atoms with Gasteiger partial charge in [0.25, 0.3) is 0 Å². The Morgan fingerprint density at radius 3 is 2.86 bits per heavy atom. The van der Waals surface area contributed by atoms with Crippen LogP contribution in [0.4, 0.5) is 5.69 Å². The van der Waals surface area contributed by atoms with E-state index in [1.165, 1.54) is 11.1 Å². The summed E-state index contributed by atoms with van der Waals surface area (Å²) in [5.74, 6) is 0. The van der Waals surface area contributed by atoms with E-state index >= 15 is 0 Å². The second-order valence-electron chi connectivity index (χ2n) is 5.36. The Kier molecular flexibility index (Phi) is 4.53. The Morgan fingerprint density at radius 1 is 1.24 bits per heavy atom. The van der Waals surface area contributed by atoms with E-state index in [4.69, 9.17) is 16.3 Å². The van der Waals surface area contributed by atoms with Gasteiger partial charge in [-0.05, 0) is 48.2 Å². The standard InChI is InChI=1S/C17H17BrClNO/c1-21-10-15-16(18)3-2-4-17(15)20-14-8-11-5-6-13(19)7-12(11)9-14/h2-7,14,20H,8-10H2,1H3. The number of methoxy groups -OCH3 is 1. The molecule has 1 unspecified atom stereocenters. The molecule has 0 saturated heterocycles. The largest absolute Gasteiger partial charge is 0.381 e. The zero-order valence-corrected chi connectivity index (χ0v) is 14.2. The monoisotopic (exact) mass is 365 g/mol. The van der Waals surface area contributed by atoms with E-state index in [-0.39, 0.29) is 0 Å². The van der Waals surface area contributed by atoms with Crippen LogP contribution in [0.5, 0.6) is 0 Å². The van der Waals surface area contributed by atoms with Gasteiger partial charge in [-0.2, -0.15) is 0 Å². The number of halogens is 2. The minimum Gasteiger partial charge on any atom is -0.381 e. The van der Waals surface area contributed by atoms with Crippen LogP contribution in [-0.2, 0) is 24.2 Å². The van der Waals surface area contributed by atoms with Crippen molar-refractivity contribution in [2.45, 2.75) is 25.5 Å². The quantitative estimate of drug-likeness (QED) is 0.837. The highest BCUT2D eigenvalue weighted by molar-refractivity contribution is 9.10. The molecule has 21 heavy (non-hydrogen) atoms. The third kappa shape index (κ3) is 3.25. The van der Waals surface area contributed by atoms with Gasteiger partial charge in [-0.15, -0.1) is 0 Å². The predicted octanol–water partition coefficient (Wildman–Crippen LogP) is 4.83. The lowest BCUT2D eigenvalue weighted by Gasteiger charge is -2.18. The highest BCUT2D eigenvalue weighted by Gasteiger charge is 2.22. The molecule has 2 aromatic rings. The van der Waals surface area contributed by atoms with Crippen molar-refractivity contribution in [3.8, 4) is 0 Å². The average Bonchev–Trinajstić information content (AvgIpc) is 2.84. The first-order valence-corrected chi connectivity index (χ1v) is 8.14. The van der Waals surface area contributed by atoms with E-state index in [9.17, 15) is 0 Å². The summed E-state index contributed by atoms with van der Waals surface area (Å²) in [6, 6.07) is 12.8. The Bertz CT molecular complexity index is 659. The second kappa shape index (κ2) is 6.39. The van der Waals surface area contributed by atoms with Gasteiger partial charge in [-0.3, -0.25) is 0 Å². The summed E-state index contributed by atoms with van der Waals surface area (Å²) >= 11 is 9.67. The summed E-state index contributed by atoms with van der Waals surface area (Å²) in [6.07, 6.45) is 2.04. The van der Waals surface area contributed by atoms with Crippen LogP contribution < -0.4 is 5.32 Å². The molecule has 0 spiro atoms. The van der Waals surface area contributed by atoms with Crippen LogP contribution in [0.25, 0.3) is 0 Å². The van der Waals surface area contributed by atoms with Crippen molar-refractivity contribution in [2.24, 2.45) is 0 Å². The fraction of sp³-hybridized carbons (Fsp3) is 0.294. The van der Waals surface area contributed by atoms with Crippen LogP contribution in [-0.4, -0.2) is 13.2 Å². The van der Waals surface area contributed by atoms with Crippen molar-refractivity contribution in [1.82, 2.24) is 0 Å². The molecule has 2 aromatic carbocycles. The van der Waals surface area contributed by atoms with E-state index in [0.29, 0.717) is 12.6 Å². The molecule has 0 amide bonds. The average molecular weight is 367 g/mol. The third-order valence-electron chi connectivity index (χ3n) is 3.87. The van der Waals surface area contributed by atoms with Gasteiger partial charge in [0, 0.05) is 33.9 Å². The Balaban J connectivity index is 1.79. The molecular formula is C17H17BrClNO. The summed E-state index contributed by atoms with van der Waals surface area (Å²) in [5, 5.41) is 4.47. The van der Waals surface area contributed by atoms with E-state index in [0.717, 1.165) is 33.6 Å². The van der Waals surface area contributed by atoms with E-state index in [1.807, 2.05) is 18.2 Å². The summed E-state index contributed by atoms with van der Waals surface area (Å²) in [6.45, 7) is 0.593. The molecule has 1 atom stereocenters. The van der Waals surface area contributed by atoms with Crippen molar-refractivity contribution in [2.75, 3.05) is 12.4 Å². The molecule has 1 N–H and O–H groups in total. The minimum absolute atomic E-state index is 0.406. The lowest BCUT2D eigenvalue weighted by molar-refractivity contribution is 0.185. The molecule has 0 fully saturated rings. The van der Waals surface area contributed by atoms with Gasteiger partial charge >= 0.3 is 0 Å². The maximum atomic E-state index is 6.08. The van der Waals surface area contributed by atoms with E-state index in [1.54, 1.807) is 7.11 Å². The molecule has 0 bridgehead atoms.